The molecule has 1 fully saturated rings. The summed E-state index contributed by atoms with van der Waals surface area (Å²) in [6.45, 7) is 2.55. The highest BCUT2D eigenvalue weighted by Crippen LogP contribution is 2.41. The van der Waals surface area contributed by atoms with Crippen LogP contribution in [0.25, 0.3) is 11.3 Å². The lowest BCUT2D eigenvalue weighted by Crippen LogP contribution is -2.41. The molecule has 7 heteroatoms. The molecule has 0 aliphatic carbocycles. The summed E-state index contributed by atoms with van der Waals surface area (Å²) in [5.74, 6) is 1.04. The van der Waals surface area contributed by atoms with Crippen LogP contribution in [-0.4, -0.2) is 53.1 Å². The van der Waals surface area contributed by atoms with Gasteiger partial charge in [0.2, 0.25) is 0 Å². The van der Waals surface area contributed by atoms with Crippen LogP contribution < -0.4 is 0 Å². The highest BCUT2D eigenvalue weighted by Gasteiger charge is 2.28. The number of morpholine rings is 1. The SMILES string of the molecule is O=C(c1[nH]nc2c1CCSc1sccc1-2)N1CCOCC1. The molecule has 2 aliphatic heterocycles. The van der Waals surface area contributed by atoms with Gasteiger partial charge in [0, 0.05) is 30.0 Å². The van der Waals surface area contributed by atoms with Crippen molar-refractivity contribution in [3.63, 3.8) is 0 Å². The summed E-state index contributed by atoms with van der Waals surface area (Å²) in [4.78, 5) is 14.5. The second-order valence-corrected chi connectivity index (χ2v) is 7.33. The summed E-state index contributed by atoms with van der Waals surface area (Å²) in [5.41, 5.74) is 3.84. The fourth-order valence-electron chi connectivity index (χ4n) is 2.76. The minimum atomic E-state index is 0.0516. The Hall–Kier alpha value is -1.31. The zero-order chi connectivity index (χ0) is 14.2. The first-order valence-electron chi connectivity index (χ1n) is 6.99. The Morgan fingerprint density at radius 1 is 1.38 bits per heavy atom. The number of nitrogens with one attached hydrogen (secondary N) is 1. The van der Waals surface area contributed by atoms with Gasteiger partial charge in [0.25, 0.3) is 5.91 Å². The molecule has 0 bridgehead atoms. The molecule has 1 N–H and O–H groups in total. The van der Waals surface area contributed by atoms with Crippen molar-refractivity contribution in [2.24, 2.45) is 0 Å². The topological polar surface area (TPSA) is 58.2 Å². The molecule has 1 saturated heterocycles. The number of thiophene rings is 1. The number of thioether (sulfide) groups is 1. The van der Waals surface area contributed by atoms with Gasteiger partial charge in [0.05, 0.1) is 23.1 Å². The number of ether oxygens (including phenoxy) is 1. The number of hydrogen-bond acceptors (Lipinski definition) is 5. The number of aromatic amines is 1. The minimum absolute atomic E-state index is 0.0516. The Balaban J connectivity index is 1.71. The van der Waals surface area contributed by atoms with Gasteiger partial charge in [0.1, 0.15) is 5.69 Å². The van der Waals surface area contributed by atoms with E-state index in [0.717, 1.165) is 29.0 Å². The fourth-order valence-corrected chi connectivity index (χ4v) is 4.88. The highest BCUT2D eigenvalue weighted by molar-refractivity contribution is 8.01. The third-order valence-electron chi connectivity index (χ3n) is 3.85. The van der Waals surface area contributed by atoms with Gasteiger partial charge in [0.15, 0.2) is 0 Å². The van der Waals surface area contributed by atoms with Gasteiger partial charge in [-0.1, -0.05) is 0 Å². The summed E-state index contributed by atoms with van der Waals surface area (Å²) in [6, 6.07) is 2.10. The lowest BCUT2D eigenvalue weighted by Gasteiger charge is -2.26. The number of amides is 1. The van der Waals surface area contributed by atoms with Crippen molar-refractivity contribution < 1.29 is 9.53 Å². The summed E-state index contributed by atoms with van der Waals surface area (Å²) in [6.07, 6.45) is 0.878. The number of H-pyrrole nitrogens is 1. The quantitative estimate of drug-likeness (QED) is 0.875. The van der Waals surface area contributed by atoms with E-state index in [2.05, 4.69) is 21.6 Å². The van der Waals surface area contributed by atoms with Crippen molar-refractivity contribution in [3.8, 4) is 11.3 Å². The Bertz CT molecular complexity index is 674. The van der Waals surface area contributed by atoms with Gasteiger partial charge in [-0.15, -0.1) is 23.1 Å². The second-order valence-electron chi connectivity index (χ2n) is 5.05. The number of carbonyl (C=O) groups is 1. The first kappa shape index (κ1) is 13.4. The molecule has 0 radical (unpaired) electrons. The molecule has 0 atom stereocenters. The van der Waals surface area contributed by atoms with E-state index in [9.17, 15) is 4.79 Å². The van der Waals surface area contributed by atoms with Gasteiger partial charge >= 0.3 is 0 Å². The molecular formula is C14H15N3O2S2. The van der Waals surface area contributed by atoms with Crippen LogP contribution in [0.15, 0.2) is 15.7 Å². The predicted octanol–water partition coefficient (Wildman–Crippen LogP) is 2.26. The van der Waals surface area contributed by atoms with Crippen LogP contribution >= 0.6 is 23.1 Å². The molecule has 1 amide bonds. The Morgan fingerprint density at radius 3 is 3.10 bits per heavy atom. The van der Waals surface area contributed by atoms with Gasteiger partial charge in [-0.2, -0.15) is 5.10 Å². The first-order chi connectivity index (χ1) is 10.3. The fraction of sp³-hybridized carbons (Fsp3) is 0.429. The number of hydrogen-bond donors (Lipinski definition) is 1. The molecule has 0 saturated carbocycles. The van der Waals surface area contributed by atoms with Crippen molar-refractivity contribution in [2.45, 2.75) is 10.6 Å². The van der Waals surface area contributed by atoms with Crippen LogP contribution in [0.5, 0.6) is 0 Å². The second kappa shape index (κ2) is 5.47. The first-order valence-corrected chi connectivity index (χ1v) is 8.86. The van der Waals surface area contributed by atoms with Crippen LogP contribution in [-0.2, 0) is 11.2 Å². The number of carbonyl (C=O) groups excluding carboxylic acids is 1. The molecule has 4 rings (SSSR count). The average Bonchev–Trinajstić information content (AvgIpc) is 3.11. The number of nitrogens with zero attached hydrogens (tertiary/aromatic N) is 2. The smallest absolute Gasteiger partial charge is 0.272 e. The number of aromatic nitrogens is 2. The van der Waals surface area contributed by atoms with E-state index in [1.54, 1.807) is 11.3 Å². The zero-order valence-electron chi connectivity index (χ0n) is 11.4. The largest absolute Gasteiger partial charge is 0.378 e. The molecule has 0 aromatic carbocycles. The molecule has 2 aromatic rings. The van der Waals surface area contributed by atoms with Gasteiger partial charge in [-0.3, -0.25) is 9.89 Å². The molecule has 2 aromatic heterocycles. The number of fused-ring (bicyclic) bond motifs is 3. The molecule has 0 spiro atoms. The maximum absolute atomic E-state index is 12.7. The Morgan fingerprint density at radius 2 is 2.24 bits per heavy atom. The third kappa shape index (κ3) is 2.29. The summed E-state index contributed by atoms with van der Waals surface area (Å²) in [5, 5.41) is 9.51. The van der Waals surface area contributed by atoms with Crippen LogP contribution in [0, 0.1) is 0 Å². The third-order valence-corrected chi connectivity index (χ3v) is 6.09. The summed E-state index contributed by atoms with van der Waals surface area (Å²) in [7, 11) is 0. The van der Waals surface area contributed by atoms with Crippen molar-refractivity contribution in [1.82, 2.24) is 15.1 Å². The monoisotopic (exact) mass is 321 g/mol. The lowest BCUT2D eigenvalue weighted by atomic mass is 10.1. The van der Waals surface area contributed by atoms with Crippen LogP contribution in [0.2, 0.25) is 0 Å². The predicted molar refractivity (Wildman–Crippen MR) is 83.1 cm³/mol. The van der Waals surface area contributed by atoms with Crippen molar-refractivity contribution in [3.05, 3.63) is 22.7 Å². The standard InChI is InChI=1S/C14H15N3O2S2/c18-13(17-3-5-19-6-4-17)12-9-1-7-20-14-10(2-8-21-14)11(9)15-16-12/h2,8H,1,3-7H2,(H,15,16). The van der Waals surface area contributed by atoms with E-state index < -0.39 is 0 Å². The average molecular weight is 321 g/mol. The molecule has 5 nitrogen and oxygen atoms in total. The summed E-state index contributed by atoms with van der Waals surface area (Å²) >= 11 is 3.60. The maximum atomic E-state index is 12.7. The van der Waals surface area contributed by atoms with Crippen molar-refractivity contribution in [1.29, 1.82) is 0 Å². The number of rotatable bonds is 1. The Labute approximate surface area is 130 Å². The molecular weight excluding hydrogens is 306 g/mol. The van der Waals surface area contributed by atoms with Gasteiger partial charge in [-0.05, 0) is 17.9 Å². The van der Waals surface area contributed by atoms with Gasteiger partial charge < -0.3 is 9.64 Å². The minimum Gasteiger partial charge on any atom is -0.378 e. The summed E-state index contributed by atoms with van der Waals surface area (Å²) < 4.78 is 6.61. The lowest BCUT2D eigenvalue weighted by molar-refractivity contribution is 0.0298. The zero-order valence-corrected chi connectivity index (χ0v) is 13.1. The van der Waals surface area contributed by atoms with Gasteiger partial charge in [-0.25, -0.2) is 0 Å². The van der Waals surface area contributed by atoms with Crippen molar-refractivity contribution >= 4 is 29.0 Å². The normalized spacial score (nSPS) is 18.0. The van der Waals surface area contributed by atoms with E-state index in [1.165, 1.54) is 4.21 Å². The van der Waals surface area contributed by atoms with Crippen LogP contribution in [0.4, 0.5) is 0 Å². The van der Waals surface area contributed by atoms with E-state index in [4.69, 9.17) is 4.74 Å². The van der Waals surface area contributed by atoms with Crippen molar-refractivity contribution in [2.75, 3.05) is 32.1 Å². The van der Waals surface area contributed by atoms with E-state index in [1.807, 2.05) is 16.7 Å². The van der Waals surface area contributed by atoms with Crippen LogP contribution in [0.3, 0.4) is 0 Å². The molecule has 110 valence electrons. The van der Waals surface area contributed by atoms with E-state index in [-0.39, 0.29) is 5.91 Å². The maximum Gasteiger partial charge on any atom is 0.272 e. The highest BCUT2D eigenvalue weighted by atomic mass is 32.2. The molecule has 4 heterocycles. The Kier molecular flexibility index (Phi) is 3.48. The molecule has 21 heavy (non-hydrogen) atoms. The van der Waals surface area contributed by atoms with E-state index in [0.29, 0.717) is 32.0 Å². The molecule has 2 aliphatic rings. The van der Waals surface area contributed by atoms with E-state index >= 15 is 0 Å². The molecule has 0 unspecified atom stereocenters. The van der Waals surface area contributed by atoms with Crippen LogP contribution in [0.1, 0.15) is 16.1 Å².